The molecule has 252 valence electrons. The van der Waals surface area contributed by atoms with Crippen LogP contribution >= 0.6 is 0 Å². The number of nitrogens with one attached hydrogen (secondary N) is 1. The second-order valence-corrected chi connectivity index (χ2v) is 13.8. The minimum absolute atomic E-state index is 0.144. The number of aryl methyl sites for hydroxylation is 1. The van der Waals surface area contributed by atoms with Gasteiger partial charge in [0.1, 0.15) is 17.5 Å². The zero-order chi connectivity index (χ0) is 33.9. The number of ether oxygens (including phenoxy) is 2. The van der Waals surface area contributed by atoms with Crippen molar-refractivity contribution >= 4 is 21.8 Å². The van der Waals surface area contributed by atoms with E-state index in [2.05, 4.69) is 5.32 Å². The van der Waals surface area contributed by atoms with Crippen molar-refractivity contribution in [3.05, 3.63) is 125 Å². The van der Waals surface area contributed by atoms with Gasteiger partial charge in [0.05, 0.1) is 19.1 Å². The lowest BCUT2D eigenvalue weighted by molar-refractivity contribution is -0.141. The lowest BCUT2D eigenvalue weighted by Crippen LogP contribution is -2.50. The van der Waals surface area contributed by atoms with E-state index in [1.54, 1.807) is 43.4 Å². The molecule has 4 aromatic rings. The van der Waals surface area contributed by atoms with Crippen molar-refractivity contribution in [1.29, 1.82) is 0 Å². The van der Waals surface area contributed by atoms with E-state index < -0.39 is 16.1 Å². The minimum atomic E-state index is -3.52. The Hall–Kier alpha value is -4.67. The fraction of sp³-hybridized carbons (Fsp3) is 0.316. The first-order valence-electron chi connectivity index (χ1n) is 16.2. The average Bonchev–Trinajstić information content (AvgIpc) is 3.69. The van der Waals surface area contributed by atoms with E-state index in [0.29, 0.717) is 38.2 Å². The molecule has 1 N–H and O–H groups in total. The molecule has 1 atom stereocenters. The molecule has 48 heavy (non-hydrogen) atoms. The molecule has 9 nitrogen and oxygen atoms in total. The van der Waals surface area contributed by atoms with Crippen LogP contribution in [0.5, 0.6) is 11.5 Å². The number of hydrogen-bond donors (Lipinski definition) is 1. The Labute approximate surface area is 283 Å². The third kappa shape index (κ3) is 9.02. The molecule has 0 aromatic heterocycles. The minimum Gasteiger partial charge on any atom is -0.497 e. The molecule has 0 aliphatic carbocycles. The summed E-state index contributed by atoms with van der Waals surface area (Å²) >= 11 is 0. The number of methoxy groups -OCH3 is 2. The lowest BCUT2D eigenvalue weighted by atomic mass is 10.0. The number of hydrogen-bond acceptors (Lipinski definition) is 6. The van der Waals surface area contributed by atoms with Crippen LogP contribution in [0, 0.1) is 0 Å². The van der Waals surface area contributed by atoms with Crippen LogP contribution in [0.25, 0.3) is 0 Å². The van der Waals surface area contributed by atoms with Crippen LogP contribution in [0.2, 0.25) is 0 Å². The van der Waals surface area contributed by atoms with Crippen LogP contribution in [0.3, 0.4) is 0 Å². The molecular formula is C38H43N3O6S. The van der Waals surface area contributed by atoms with Crippen molar-refractivity contribution in [2.75, 3.05) is 27.3 Å². The average molecular weight is 670 g/mol. The van der Waals surface area contributed by atoms with Crippen LogP contribution in [-0.4, -0.2) is 62.8 Å². The number of amides is 2. The maximum absolute atomic E-state index is 14.1. The number of carbonyl (C=O) groups excluding carboxylic acids is 2. The molecule has 1 aliphatic heterocycles. The van der Waals surface area contributed by atoms with Gasteiger partial charge in [-0.05, 0) is 77.9 Å². The predicted molar refractivity (Wildman–Crippen MR) is 185 cm³/mol. The molecule has 0 radical (unpaired) electrons. The summed E-state index contributed by atoms with van der Waals surface area (Å²) in [7, 11) is -0.316. The summed E-state index contributed by atoms with van der Waals surface area (Å²) in [4.78, 5) is 30.0. The topological polar surface area (TPSA) is 105 Å². The summed E-state index contributed by atoms with van der Waals surface area (Å²) in [5.41, 5.74) is 3.55. The molecule has 5 rings (SSSR count). The zero-order valence-electron chi connectivity index (χ0n) is 27.5. The van der Waals surface area contributed by atoms with Crippen LogP contribution in [0.1, 0.15) is 41.5 Å². The molecule has 0 bridgehead atoms. The largest absolute Gasteiger partial charge is 0.497 e. The highest BCUT2D eigenvalue weighted by atomic mass is 32.2. The zero-order valence-corrected chi connectivity index (χ0v) is 28.3. The fourth-order valence-corrected chi connectivity index (χ4v) is 7.35. The summed E-state index contributed by atoms with van der Waals surface area (Å²) in [6.07, 6.45) is 2.62. The monoisotopic (exact) mass is 669 g/mol. The number of nitrogens with zero attached hydrogens (tertiary/aromatic N) is 2. The van der Waals surface area contributed by atoms with Gasteiger partial charge in [0.2, 0.25) is 21.8 Å². The van der Waals surface area contributed by atoms with E-state index in [1.807, 2.05) is 78.9 Å². The van der Waals surface area contributed by atoms with Gasteiger partial charge >= 0.3 is 0 Å². The molecular weight excluding hydrogens is 626 g/mol. The maximum atomic E-state index is 14.1. The Balaban J connectivity index is 1.37. The predicted octanol–water partition coefficient (Wildman–Crippen LogP) is 5.38. The van der Waals surface area contributed by atoms with Crippen molar-refractivity contribution in [2.45, 2.75) is 56.1 Å². The van der Waals surface area contributed by atoms with Gasteiger partial charge in [-0.1, -0.05) is 66.7 Å². The van der Waals surface area contributed by atoms with Crippen molar-refractivity contribution in [3.63, 3.8) is 0 Å². The molecule has 1 fully saturated rings. The number of rotatable bonds is 15. The molecule has 10 heteroatoms. The Morgan fingerprint density at radius 2 is 1.31 bits per heavy atom. The molecule has 1 saturated heterocycles. The van der Waals surface area contributed by atoms with Crippen molar-refractivity contribution < 1.29 is 27.5 Å². The molecule has 2 amide bonds. The van der Waals surface area contributed by atoms with E-state index in [1.165, 1.54) is 4.31 Å². The van der Waals surface area contributed by atoms with E-state index >= 15 is 0 Å². The Kier molecular flexibility index (Phi) is 11.9. The molecule has 1 aliphatic rings. The smallest absolute Gasteiger partial charge is 0.243 e. The first-order chi connectivity index (χ1) is 23.3. The summed E-state index contributed by atoms with van der Waals surface area (Å²) in [6, 6.07) is 30.6. The Bertz CT molecular complexity index is 1740. The lowest BCUT2D eigenvalue weighted by Gasteiger charge is -2.32. The summed E-state index contributed by atoms with van der Waals surface area (Å²) < 4.78 is 38.1. The number of sulfonamides is 1. The first kappa shape index (κ1) is 34.7. The third-order valence-electron chi connectivity index (χ3n) is 8.66. The maximum Gasteiger partial charge on any atom is 0.243 e. The quantitative estimate of drug-likeness (QED) is 0.182. The van der Waals surface area contributed by atoms with Gasteiger partial charge < -0.3 is 19.7 Å². The standard InChI is InChI=1S/C38H43N3O6S/c1-46-33-17-10-31(11-18-33)27-39-38(43)36(26-30-8-4-3-5-9-30)41(28-32-12-19-34(47-2)20-13-32)37(42)23-16-29-14-21-35(22-15-29)48(44,45)40-24-6-7-25-40/h3-5,8-15,17-22,36H,6-7,16,23-28H2,1-2H3,(H,39,43)/t36-/m0/s1. The van der Waals surface area contributed by atoms with Gasteiger partial charge in [-0.25, -0.2) is 8.42 Å². The van der Waals surface area contributed by atoms with Gasteiger partial charge in [0.15, 0.2) is 0 Å². The second-order valence-electron chi connectivity index (χ2n) is 11.9. The summed E-state index contributed by atoms with van der Waals surface area (Å²) in [5, 5.41) is 3.06. The summed E-state index contributed by atoms with van der Waals surface area (Å²) in [6.45, 7) is 1.61. The summed E-state index contributed by atoms with van der Waals surface area (Å²) in [5.74, 6) is 0.990. The van der Waals surface area contributed by atoms with Gasteiger partial charge in [-0.15, -0.1) is 0 Å². The third-order valence-corrected chi connectivity index (χ3v) is 10.6. The van der Waals surface area contributed by atoms with Gasteiger partial charge in [0, 0.05) is 39.0 Å². The van der Waals surface area contributed by atoms with E-state index in [-0.39, 0.29) is 29.7 Å². The van der Waals surface area contributed by atoms with Crippen LogP contribution in [0.4, 0.5) is 0 Å². The first-order valence-corrected chi connectivity index (χ1v) is 17.7. The van der Waals surface area contributed by atoms with Gasteiger partial charge in [-0.2, -0.15) is 4.31 Å². The second kappa shape index (κ2) is 16.4. The number of carbonyl (C=O) groups is 2. The molecule has 0 saturated carbocycles. The van der Waals surface area contributed by atoms with Crippen LogP contribution in [-0.2, 0) is 45.5 Å². The molecule has 1 heterocycles. The van der Waals surface area contributed by atoms with Crippen LogP contribution in [0.15, 0.2) is 108 Å². The van der Waals surface area contributed by atoms with E-state index in [0.717, 1.165) is 40.8 Å². The van der Waals surface area contributed by atoms with Gasteiger partial charge in [-0.3, -0.25) is 9.59 Å². The van der Waals surface area contributed by atoms with Gasteiger partial charge in [0.25, 0.3) is 0 Å². The highest BCUT2D eigenvalue weighted by Crippen LogP contribution is 2.23. The fourth-order valence-electron chi connectivity index (χ4n) is 5.83. The van der Waals surface area contributed by atoms with E-state index in [9.17, 15) is 18.0 Å². The molecule has 0 unspecified atom stereocenters. The Morgan fingerprint density at radius 1 is 0.750 bits per heavy atom. The Morgan fingerprint density at radius 3 is 1.90 bits per heavy atom. The highest BCUT2D eigenvalue weighted by Gasteiger charge is 2.31. The normalized spacial score (nSPS) is 13.9. The van der Waals surface area contributed by atoms with Crippen LogP contribution < -0.4 is 14.8 Å². The highest BCUT2D eigenvalue weighted by molar-refractivity contribution is 7.89. The SMILES string of the molecule is COc1ccc(CNC(=O)[C@H](Cc2ccccc2)N(Cc2ccc(OC)cc2)C(=O)CCc2ccc(S(=O)(=O)N3CCCC3)cc2)cc1. The number of benzene rings is 4. The van der Waals surface area contributed by atoms with Crippen molar-refractivity contribution in [3.8, 4) is 11.5 Å². The molecule has 0 spiro atoms. The molecule has 4 aromatic carbocycles. The van der Waals surface area contributed by atoms with Crippen molar-refractivity contribution in [2.24, 2.45) is 0 Å². The van der Waals surface area contributed by atoms with E-state index in [4.69, 9.17) is 9.47 Å². The van der Waals surface area contributed by atoms with Crippen molar-refractivity contribution in [1.82, 2.24) is 14.5 Å².